The fourth-order valence-corrected chi connectivity index (χ4v) is 5.48. The number of likely N-dealkylation sites (tertiary alicyclic amines) is 1. The third-order valence-corrected chi connectivity index (χ3v) is 7.68. The molecule has 4 rings (SSSR count). The third-order valence-electron chi connectivity index (χ3n) is 7.68. The number of ether oxygens (including phenoxy) is 1. The fourth-order valence-electron chi connectivity index (χ4n) is 5.48. The molecule has 2 heterocycles. The highest BCUT2D eigenvalue weighted by molar-refractivity contribution is 5.98. The van der Waals surface area contributed by atoms with Gasteiger partial charge in [0, 0.05) is 31.0 Å². The van der Waals surface area contributed by atoms with E-state index in [1.54, 1.807) is 0 Å². The monoisotopic (exact) mass is 469 g/mol. The number of hydrogen-bond acceptors (Lipinski definition) is 5. The van der Waals surface area contributed by atoms with E-state index in [9.17, 15) is 14.4 Å². The largest absolute Gasteiger partial charge is 0.378 e. The molecule has 0 radical (unpaired) electrons. The molecule has 1 aliphatic carbocycles. The summed E-state index contributed by atoms with van der Waals surface area (Å²) in [6.07, 6.45) is 7.87. The summed E-state index contributed by atoms with van der Waals surface area (Å²) in [5, 5.41) is 6.33. The third kappa shape index (κ3) is 6.25. The highest BCUT2D eigenvalue weighted by Crippen LogP contribution is 2.29. The first-order valence-corrected chi connectivity index (χ1v) is 13.1. The number of carbonyl (C=O) groups excluding carboxylic acids is 3. The predicted octanol–water partition coefficient (Wildman–Crippen LogP) is 3.04. The number of nitrogens with one attached hydrogen (secondary N) is 2. The lowest BCUT2D eigenvalue weighted by Crippen LogP contribution is -2.51. The molecule has 186 valence electrons. The van der Waals surface area contributed by atoms with Gasteiger partial charge in [0.15, 0.2) is 5.78 Å². The van der Waals surface area contributed by atoms with E-state index in [0.29, 0.717) is 38.3 Å². The van der Waals surface area contributed by atoms with Crippen molar-refractivity contribution in [2.24, 2.45) is 5.92 Å². The van der Waals surface area contributed by atoms with Crippen molar-refractivity contribution < 1.29 is 19.1 Å². The van der Waals surface area contributed by atoms with Crippen LogP contribution in [0.15, 0.2) is 24.3 Å². The highest BCUT2D eigenvalue weighted by atomic mass is 16.5. The molecule has 1 unspecified atom stereocenters. The number of benzene rings is 1. The fraction of sp³-hybridized carbons (Fsp3) is 0.667. The number of amides is 2. The van der Waals surface area contributed by atoms with Crippen LogP contribution < -0.4 is 10.6 Å². The van der Waals surface area contributed by atoms with Gasteiger partial charge in [0.25, 0.3) is 5.91 Å². The highest BCUT2D eigenvalue weighted by Gasteiger charge is 2.31. The summed E-state index contributed by atoms with van der Waals surface area (Å²) in [5.41, 5.74) is 1.68. The van der Waals surface area contributed by atoms with Crippen LogP contribution in [0, 0.1) is 5.92 Å². The van der Waals surface area contributed by atoms with Gasteiger partial charge in [-0.2, -0.15) is 0 Å². The Hall–Kier alpha value is -2.25. The molecule has 2 aliphatic heterocycles. The Bertz CT molecular complexity index is 863. The van der Waals surface area contributed by atoms with E-state index in [1.165, 1.54) is 6.42 Å². The summed E-state index contributed by atoms with van der Waals surface area (Å²) < 4.78 is 5.16. The summed E-state index contributed by atoms with van der Waals surface area (Å²) in [7, 11) is 0. The number of nitrogens with zero attached hydrogens (tertiary/aromatic N) is 1. The number of Topliss-reactive ketones (excluding diaryl/α,β-unsaturated/α-hetero) is 1. The maximum atomic E-state index is 13.2. The molecule has 1 aromatic carbocycles. The van der Waals surface area contributed by atoms with Gasteiger partial charge in [0.1, 0.15) is 0 Å². The number of rotatable bonds is 9. The zero-order chi connectivity index (χ0) is 23.9. The molecule has 2 saturated heterocycles. The molecule has 0 aromatic heterocycles. The Morgan fingerprint density at radius 3 is 2.59 bits per heavy atom. The normalized spacial score (nSPS) is 22.6. The molecule has 7 nitrogen and oxygen atoms in total. The van der Waals surface area contributed by atoms with Crippen molar-refractivity contribution in [1.29, 1.82) is 0 Å². The molecule has 1 aromatic rings. The minimum absolute atomic E-state index is 0.124. The summed E-state index contributed by atoms with van der Waals surface area (Å²) in [5.74, 6) is 0.531. The van der Waals surface area contributed by atoms with Gasteiger partial charge in [-0.3, -0.25) is 14.4 Å². The molecule has 2 N–H and O–H groups in total. The number of carbonyl (C=O) groups is 3. The van der Waals surface area contributed by atoms with Gasteiger partial charge < -0.3 is 20.3 Å². The minimum atomic E-state index is -0.391. The van der Waals surface area contributed by atoms with Crippen molar-refractivity contribution in [3.05, 3.63) is 35.4 Å². The van der Waals surface area contributed by atoms with Crippen molar-refractivity contribution in [2.45, 2.75) is 76.3 Å². The molecule has 7 heteroatoms. The number of hydrogen-bond donors (Lipinski definition) is 2. The second kappa shape index (κ2) is 11.9. The Balaban J connectivity index is 1.38. The van der Waals surface area contributed by atoms with Crippen LogP contribution in [0.1, 0.15) is 80.1 Å². The standard InChI is InChI=1S/C27H39N3O4/c1-2-24(31)26(19-8-4-3-5-9-19)29-27(33)21-11-6-10-20(14-21)22-12-7-13-30(16-22)25(32)15-28-23-17-34-18-23/h6,10-11,14,19,22-23,26,28H,2-5,7-9,12-13,15-18H2,1H3,(H,29,33)/t22?,26-/m1/s1. The second-order valence-corrected chi connectivity index (χ2v) is 10.1. The Labute approximate surface area is 203 Å². The van der Waals surface area contributed by atoms with Gasteiger partial charge in [0.05, 0.1) is 31.8 Å². The van der Waals surface area contributed by atoms with Crippen molar-refractivity contribution in [3.63, 3.8) is 0 Å². The van der Waals surface area contributed by atoms with Crippen LogP contribution in [-0.2, 0) is 14.3 Å². The van der Waals surface area contributed by atoms with Crippen LogP contribution in [0.5, 0.6) is 0 Å². The summed E-state index contributed by atoms with van der Waals surface area (Å²) in [6.45, 7) is 5.02. The van der Waals surface area contributed by atoms with Gasteiger partial charge in [-0.15, -0.1) is 0 Å². The van der Waals surface area contributed by atoms with E-state index in [4.69, 9.17) is 4.74 Å². The van der Waals surface area contributed by atoms with Gasteiger partial charge in [-0.25, -0.2) is 0 Å². The van der Waals surface area contributed by atoms with Gasteiger partial charge in [0.2, 0.25) is 5.91 Å². The Morgan fingerprint density at radius 1 is 1.09 bits per heavy atom. The van der Waals surface area contributed by atoms with Crippen molar-refractivity contribution in [1.82, 2.24) is 15.5 Å². The molecule has 1 saturated carbocycles. The van der Waals surface area contributed by atoms with Crippen LogP contribution in [0.4, 0.5) is 0 Å². The number of ketones is 1. The van der Waals surface area contributed by atoms with Crippen LogP contribution in [-0.4, -0.2) is 67.4 Å². The Morgan fingerprint density at radius 2 is 1.88 bits per heavy atom. The van der Waals surface area contributed by atoms with Crippen LogP contribution in [0.2, 0.25) is 0 Å². The van der Waals surface area contributed by atoms with Gasteiger partial charge in [-0.05, 0) is 49.3 Å². The molecule has 3 fully saturated rings. The molecule has 2 atom stereocenters. The predicted molar refractivity (Wildman–Crippen MR) is 131 cm³/mol. The second-order valence-electron chi connectivity index (χ2n) is 10.1. The van der Waals surface area contributed by atoms with E-state index in [1.807, 2.05) is 30.0 Å². The molecule has 2 amide bonds. The zero-order valence-electron chi connectivity index (χ0n) is 20.4. The molecule has 0 spiro atoms. The quantitative estimate of drug-likeness (QED) is 0.581. The van der Waals surface area contributed by atoms with Crippen molar-refractivity contribution >= 4 is 17.6 Å². The summed E-state index contributed by atoms with van der Waals surface area (Å²) in [4.78, 5) is 40.4. The lowest BCUT2D eigenvalue weighted by molar-refractivity contribution is -0.132. The molecular formula is C27H39N3O4. The van der Waals surface area contributed by atoms with Crippen LogP contribution >= 0.6 is 0 Å². The molecular weight excluding hydrogens is 430 g/mol. The summed E-state index contributed by atoms with van der Waals surface area (Å²) in [6, 6.07) is 7.64. The van der Waals surface area contributed by atoms with Crippen LogP contribution in [0.25, 0.3) is 0 Å². The topological polar surface area (TPSA) is 87.7 Å². The molecule has 3 aliphatic rings. The number of piperidine rings is 1. The summed E-state index contributed by atoms with van der Waals surface area (Å²) >= 11 is 0. The SMILES string of the molecule is CCC(=O)[C@H](NC(=O)c1cccc(C2CCCN(C(=O)CNC3COC3)C2)c1)C1CCCCC1. The van der Waals surface area contributed by atoms with Gasteiger partial charge >= 0.3 is 0 Å². The van der Waals surface area contributed by atoms with E-state index < -0.39 is 6.04 Å². The van der Waals surface area contributed by atoms with Crippen molar-refractivity contribution in [2.75, 3.05) is 32.8 Å². The van der Waals surface area contributed by atoms with E-state index >= 15 is 0 Å². The van der Waals surface area contributed by atoms with Gasteiger partial charge in [-0.1, -0.05) is 38.3 Å². The molecule has 34 heavy (non-hydrogen) atoms. The van der Waals surface area contributed by atoms with E-state index in [0.717, 1.165) is 50.6 Å². The zero-order valence-corrected chi connectivity index (χ0v) is 20.4. The maximum absolute atomic E-state index is 13.2. The molecule has 0 bridgehead atoms. The average Bonchev–Trinajstić information content (AvgIpc) is 2.86. The lowest BCUT2D eigenvalue weighted by Gasteiger charge is -2.34. The smallest absolute Gasteiger partial charge is 0.251 e. The average molecular weight is 470 g/mol. The van der Waals surface area contributed by atoms with E-state index in [-0.39, 0.29) is 35.5 Å². The van der Waals surface area contributed by atoms with Crippen LogP contribution in [0.3, 0.4) is 0 Å². The first-order valence-electron chi connectivity index (χ1n) is 13.1. The van der Waals surface area contributed by atoms with E-state index in [2.05, 4.69) is 16.7 Å². The first kappa shape index (κ1) is 24.9. The Kier molecular flexibility index (Phi) is 8.73. The maximum Gasteiger partial charge on any atom is 0.251 e. The lowest BCUT2D eigenvalue weighted by atomic mass is 9.81. The first-order chi connectivity index (χ1) is 16.5. The minimum Gasteiger partial charge on any atom is -0.378 e. The van der Waals surface area contributed by atoms with Crippen molar-refractivity contribution in [3.8, 4) is 0 Å².